The molecule has 0 saturated carbocycles. The van der Waals surface area contributed by atoms with Crippen LogP contribution in [0, 0.1) is 0 Å². The Labute approximate surface area is 162 Å². The summed E-state index contributed by atoms with van der Waals surface area (Å²) in [7, 11) is 0. The number of anilines is 1. The summed E-state index contributed by atoms with van der Waals surface area (Å²) in [5.74, 6) is -0.392. The molecule has 4 rings (SSSR count). The van der Waals surface area contributed by atoms with Gasteiger partial charge in [0.25, 0.3) is 0 Å². The second-order valence-electron chi connectivity index (χ2n) is 6.41. The molecule has 3 aromatic rings. The number of carbonyl (C=O) groups excluding carboxylic acids is 1. The van der Waals surface area contributed by atoms with Crippen LogP contribution < -0.4 is 9.79 Å². The summed E-state index contributed by atoms with van der Waals surface area (Å²) < 4.78 is 2.14. The minimum Gasteiger partial charge on any atom is -0.304 e. The van der Waals surface area contributed by atoms with Gasteiger partial charge in [-0.2, -0.15) is 0 Å². The van der Waals surface area contributed by atoms with Crippen molar-refractivity contribution in [2.75, 3.05) is 4.31 Å². The van der Waals surface area contributed by atoms with Crippen molar-refractivity contribution in [2.24, 2.45) is 0 Å². The number of rotatable bonds is 5. The molecule has 0 aliphatic carbocycles. The SMILES string of the molecule is O=C(CC1c2ccccc2SN1c1ccc(Cc2ccncc2)cc1)NO. The van der Waals surface area contributed by atoms with E-state index in [-0.39, 0.29) is 12.5 Å². The molecule has 1 aromatic heterocycles. The Morgan fingerprint density at radius 1 is 1.04 bits per heavy atom. The summed E-state index contributed by atoms with van der Waals surface area (Å²) >= 11 is 1.62. The normalized spacial score (nSPS) is 15.4. The predicted octanol–water partition coefficient (Wildman–Crippen LogP) is 4.14. The molecule has 2 aromatic carbocycles. The molecule has 0 radical (unpaired) electrons. The molecule has 2 heterocycles. The summed E-state index contributed by atoms with van der Waals surface area (Å²) in [6.45, 7) is 0. The Morgan fingerprint density at radius 3 is 2.48 bits per heavy atom. The monoisotopic (exact) mass is 377 g/mol. The molecular weight excluding hydrogens is 358 g/mol. The lowest BCUT2D eigenvalue weighted by molar-refractivity contribution is -0.129. The molecule has 2 N–H and O–H groups in total. The highest BCUT2D eigenvalue weighted by atomic mass is 32.2. The third kappa shape index (κ3) is 3.82. The van der Waals surface area contributed by atoms with Crippen molar-refractivity contribution in [3.8, 4) is 0 Å². The number of hydrogen-bond donors (Lipinski definition) is 2. The van der Waals surface area contributed by atoms with Crippen molar-refractivity contribution in [1.82, 2.24) is 10.5 Å². The smallest absolute Gasteiger partial charge is 0.245 e. The highest BCUT2D eigenvalue weighted by molar-refractivity contribution is 8.01. The largest absolute Gasteiger partial charge is 0.304 e. The van der Waals surface area contributed by atoms with Crippen LogP contribution in [0.3, 0.4) is 0 Å². The number of nitrogens with zero attached hydrogens (tertiary/aromatic N) is 2. The van der Waals surface area contributed by atoms with E-state index < -0.39 is 5.91 Å². The minimum absolute atomic E-state index is 0.121. The van der Waals surface area contributed by atoms with Crippen LogP contribution in [0.15, 0.2) is 78.0 Å². The minimum atomic E-state index is -0.392. The van der Waals surface area contributed by atoms with Gasteiger partial charge >= 0.3 is 0 Å². The molecule has 1 atom stereocenters. The summed E-state index contributed by atoms with van der Waals surface area (Å²) in [5, 5.41) is 8.95. The van der Waals surface area contributed by atoms with Gasteiger partial charge in [-0.1, -0.05) is 30.3 Å². The first-order valence-electron chi connectivity index (χ1n) is 8.71. The molecule has 0 fully saturated rings. The lowest BCUT2D eigenvalue weighted by atomic mass is 10.0. The second-order valence-corrected chi connectivity index (χ2v) is 7.42. The highest BCUT2D eigenvalue weighted by Crippen LogP contribution is 2.48. The number of benzene rings is 2. The molecule has 5 nitrogen and oxygen atoms in total. The van der Waals surface area contributed by atoms with Gasteiger partial charge < -0.3 is 4.31 Å². The molecule has 136 valence electrons. The van der Waals surface area contributed by atoms with E-state index in [0.29, 0.717) is 0 Å². The van der Waals surface area contributed by atoms with E-state index in [1.54, 1.807) is 29.8 Å². The fourth-order valence-electron chi connectivity index (χ4n) is 3.28. The van der Waals surface area contributed by atoms with Crippen LogP contribution in [0.1, 0.15) is 29.2 Å². The fourth-order valence-corrected chi connectivity index (χ4v) is 4.48. The summed E-state index contributed by atoms with van der Waals surface area (Å²) in [4.78, 5) is 17.0. The number of amides is 1. The van der Waals surface area contributed by atoms with E-state index in [1.165, 1.54) is 11.1 Å². The molecule has 1 aliphatic heterocycles. The first-order chi connectivity index (χ1) is 13.2. The molecule has 0 spiro atoms. The Balaban J connectivity index is 1.57. The number of fused-ring (bicyclic) bond motifs is 1. The van der Waals surface area contributed by atoms with Crippen molar-refractivity contribution < 1.29 is 10.0 Å². The van der Waals surface area contributed by atoms with Gasteiger partial charge in [0.1, 0.15) is 0 Å². The number of pyridine rings is 1. The third-order valence-electron chi connectivity index (χ3n) is 4.61. The van der Waals surface area contributed by atoms with Gasteiger partial charge in [-0.15, -0.1) is 0 Å². The quantitative estimate of drug-likeness (QED) is 0.397. The Kier molecular flexibility index (Phi) is 5.09. The maximum atomic E-state index is 11.8. The molecule has 1 amide bonds. The van der Waals surface area contributed by atoms with Crippen LogP contribution in [-0.2, 0) is 11.2 Å². The van der Waals surface area contributed by atoms with Gasteiger partial charge in [-0.05, 0) is 65.4 Å². The summed E-state index contributed by atoms with van der Waals surface area (Å²) in [6.07, 6.45) is 4.66. The molecule has 0 saturated heterocycles. The van der Waals surface area contributed by atoms with Gasteiger partial charge in [-0.25, -0.2) is 5.48 Å². The molecule has 0 bridgehead atoms. The summed E-state index contributed by atoms with van der Waals surface area (Å²) in [6, 6.07) is 20.4. The highest BCUT2D eigenvalue weighted by Gasteiger charge is 2.33. The van der Waals surface area contributed by atoms with E-state index in [0.717, 1.165) is 22.6 Å². The molecular formula is C21H19N3O2S. The lowest BCUT2D eigenvalue weighted by Gasteiger charge is -2.25. The third-order valence-corrected chi connectivity index (χ3v) is 5.84. The van der Waals surface area contributed by atoms with E-state index >= 15 is 0 Å². The van der Waals surface area contributed by atoms with Crippen LogP contribution in [-0.4, -0.2) is 16.1 Å². The molecule has 27 heavy (non-hydrogen) atoms. The standard InChI is InChI=1S/C21H19N3O2S/c25-21(23-26)14-19-18-3-1-2-4-20(18)27-24(19)17-7-5-15(6-8-17)13-16-9-11-22-12-10-16/h1-12,19,26H,13-14H2,(H,23,25). The number of hydrogen-bond acceptors (Lipinski definition) is 5. The topological polar surface area (TPSA) is 65.5 Å². The summed E-state index contributed by atoms with van der Waals surface area (Å²) in [5.41, 5.74) is 6.33. The Hall–Kier alpha value is -2.83. The van der Waals surface area contributed by atoms with Crippen molar-refractivity contribution in [3.63, 3.8) is 0 Å². The van der Waals surface area contributed by atoms with E-state index in [2.05, 4.69) is 39.6 Å². The zero-order valence-electron chi connectivity index (χ0n) is 14.6. The van der Waals surface area contributed by atoms with Gasteiger partial charge in [0, 0.05) is 23.0 Å². The average molecular weight is 377 g/mol. The van der Waals surface area contributed by atoms with Crippen LogP contribution in [0.5, 0.6) is 0 Å². The van der Waals surface area contributed by atoms with Crippen molar-refractivity contribution in [3.05, 3.63) is 89.7 Å². The number of aromatic nitrogens is 1. The van der Waals surface area contributed by atoms with Crippen molar-refractivity contribution in [1.29, 1.82) is 0 Å². The Morgan fingerprint density at radius 2 is 1.74 bits per heavy atom. The van der Waals surface area contributed by atoms with Gasteiger partial charge in [0.15, 0.2) is 0 Å². The Bertz CT molecular complexity index is 932. The fraction of sp³-hybridized carbons (Fsp3) is 0.143. The van der Waals surface area contributed by atoms with Crippen LogP contribution >= 0.6 is 11.9 Å². The van der Waals surface area contributed by atoms with E-state index in [1.807, 2.05) is 30.3 Å². The van der Waals surface area contributed by atoms with Gasteiger partial charge in [-0.3, -0.25) is 15.0 Å². The van der Waals surface area contributed by atoms with Gasteiger partial charge in [0.2, 0.25) is 5.91 Å². The van der Waals surface area contributed by atoms with Crippen LogP contribution in [0.4, 0.5) is 5.69 Å². The average Bonchev–Trinajstić information content (AvgIpc) is 3.08. The number of nitrogens with one attached hydrogen (secondary N) is 1. The number of carbonyl (C=O) groups is 1. The lowest BCUT2D eigenvalue weighted by Crippen LogP contribution is -2.26. The molecule has 1 unspecified atom stereocenters. The number of hydroxylamine groups is 1. The maximum Gasteiger partial charge on any atom is 0.245 e. The van der Waals surface area contributed by atoms with Gasteiger partial charge in [0.05, 0.1) is 12.5 Å². The second kappa shape index (κ2) is 7.82. The molecule has 6 heteroatoms. The van der Waals surface area contributed by atoms with Crippen molar-refractivity contribution in [2.45, 2.75) is 23.8 Å². The first kappa shape index (κ1) is 17.6. The van der Waals surface area contributed by atoms with Crippen LogP contribution in [0.25, 0.3) is 0 Å². The predicted molar refractivity (Wildman–Crippen MR) is 106 cm³/mol. The molecule has 1 aliphatic rings. The van der Waals surface area contributed by atoms with Crippen LogP contribution in [0.2, 0.25) is 0 Å². The first-order valence-corrected chi connectivity index (χ1v) is 9.49. The zero-order valence-corrected chi connectivity index (χ0v) is 15.4. The zero-order chi connectivity index (χ0) is 18.6. The van der Waals surface area contributed by atoms with Crippen molar-refractivity contribution >= 4 is 23.5 Å². The van der Waals surface area contributed by atoms with E-state index in [4.69, 9.17) is 5.21 Å². The maximum absolute atomic E-state index is 11.8. The van der Waals surface area contributed by atoms with E-state index in [9.17, 15) is 4.79 Å².